The number of ether oxygens (including phenoxy) is 1. The number of nitrogens with zero attached hydrogens (tertiary/aromatic N) is 2. The summed E-state index contributed by atoms with van der Waals surface area (Å²) in [6, 6.07) is 20.9. The van der Waals surface area contributed by atoms with Crippen molar-refractivity contribution < 1.29 is 23.9 Å². The number of anilines is 1. The molecule has 1 saturated heterocycles. The molecule has 7 rings (SSSR count). The van der Waals surface area contributed by atoms with E-state index in [1.54, 1.807) is 54.6 Å². The van der Waals surface area contributed by atoms with E-state index in [-0.39, 0.29) is 35.0 Å². The van der Waals surface area contributed by atoms with Crippen LogP contribution in [-0.2, 0) is 14.3 Å². The zero-order chi connectivity index (χ0) is 30.0. The molecular formula is C35H29ClN2O5. The van der Waals surface area contributed by atoms with Crippen LogP contribution in [0, 0.1) is 30.6 Å². The van der Waals surface area contributed by atoms with E-state index >= 15 is 0 Å². The lowest BCUT2D eigenvalue weighted by Crippen LogP contribution is -2.32. The number of benzene rings is 3. The van der Waals surface area contributed by atoms with E-state index in [1.807, 2.05) is 25.1 Å². The topological polar surface area (TPSA) is 93.6 Å². The molecule has 3 aliphatic rings. The van der Waals surface area contributed by atoms with Crippen LogP contribution in [0.15, 0.2) is 72.8 Å². The van der Waals surface area contributed by atoms with E-state index in [9.17, 15) is 19.2 Å². The average molecular weight is 593 g/mol. The number of carbonyl (C=O) groups is 4. The molecule has 2 aliphatic carbocycles. The molecule has 1 aliphatic heterocycles. The summed E-state index contributed by atoms with van der Waals surface area (Å²) in [5, 5.41) is 1.03. The first-order chi connectivity index (χ1) is 20.7. The van der Waals surface area contributed by atoms with E-state index in [0.717, 1.165) is 24.8 Å². The number of carbonyl (C=O) groups excluding carboxylic acids is 4. The van der Waals surface area contributed by atoms with Crippen LogP contribution >= 0.6 is 11.6 Å². The van der Waals surface area contributed by atoms with Gasteiger partial charge in [0.2, 0.25) is 17.6 Å². The Morgan fingerprint density at radius 1 is 0.930 bits per heavy atom. The van der Waals surface area contributed by atoms with Crippen LogP contribution in [0.2, 0.25) is 5.02 Å². The fourth-order valence-electron chi connectivity index (χ4n) is 7.25. The molecule has 3 fully saturated rings. The third kappa shape index (κ3) is 4.63. The molecule has 2 amide bonds. The Hall–Kier alpha value is -4.36. The maximum atomic E-state index is 13.5. The number of halogens is 1. The average Bonchev–Trinajstić information content (AvgIpc) is 3.69. The number of aromatic nitrogens is 1. The molecule has 5 atom stereocenters. The lowest BCUT2D eigenvalue weighted by atomic mass is 9.81. The number of aryl methyl sites for hydroxylation is 1. The van der Waals surface area contributed by atoms with Crippen LogP contribution in [-0.4, -0.2) is 34.7 Å². The Bertz CT molecular complexity index is 1810. The van der Waals surface area contributed by atoms with Gasteiger partial charge in [-0.15, -0.1) is 0 Å². The molecular weight excluding hydrogens is 564 g/mol. The first-order valence-electron chi connectivity index (χ1n) is 14.6. The third-order valence-corrected chi connectivity index (χ3v) is 9.53. The number of rotatable bonds is 6. The number of ketones is 1. The van der Waals surface area contributed by atoms with Gasteiger partial charge >= 0.3 is 5.97 Å². The molecule has 7 nitrogen and oxygen atoms in total. The van der Waals surface area contributed by atoms with Gasteiger partial charge in [-0.25, -0.2) is 9.78 Å². The number of imide groups is 1. The number of hydrogen-bond donors (Lipinski definition) is 0. The van der Waals surface area contributed by atoms with Gasteiger partial charge in [-0.3, -0.25) is 19.3 Å². The first-order valence-corrected chi connectivity index (χ1v) is 15.0. The Kier molecular flexibility index (Phi) is 6.66. The maximum absolute atomic E-state index is 13.5. The molecule has 0 N–H and O–H groups in total. The van der Waals surface area contributed by atoms with Gasteiger partial charge in [0.1, 0.15) is 0 Å². The van der Waals surface area contributed by atoms with Crippen molar-refractivity contribution >= 4 is 51.8 Å². The van der Waals surface area contributed by atoms with Gasteiger partial charge in [0.05, 0.1) is 34.3 Å². The summed E-state index contributed by atoms with van der Waals surface area (Å²) < 4.78 is 5.66. The highest BCUT2D eigenvalue weighted by Gasteiger charge is 2.61. The monoisotopic (exact) mass is 592 g/mol. The Labute approximate surface area is 253 Å². The maximum Gasteiger partial charge on any atom is 0.339 e. The smallest absolute Gasteiger partial charge is 0.339 e. The lowest BCUT2D eigenvalue weighted by Gasteiger charge is -2.19. The molecule has 2 saturated carbocycles. The molecule has 2 bridgehead atoms. The highest BCUT2D eigenvalue weighted by molar-refractivity contribution is 6.31. The van der Waals surface area contributed by atoms with Crippen molar-refractivity contribution in [2.45, 2.75) is 39.2 Å². The van der Waals surface area contributed by atoms with Crippen molar-refractivity contribution in [3.8, 4) is 11.3 Å². The van der Waals surface area contributed by atoms with Gasteiger partial charge in [0.25, 0.3) is 0 Å². The van der Waals surface area contributed by atoms with E-state index in [0.29, 0.717) is 50.3 Å². The number of esters is 1. The van der Waals surface area contributed by atoms with Gasteiger partial charge in [-0.1, -0.05) is 47.5 Å². The van der Waals surface area contributed by atoms with E-state index in [2.05, 4.69) is 0 Å². The molecule has 0 radical (unpaired) electrons. The Morgan fingerprint density at radius 3 is 2.30 bits per heavy atom. The van der Waals surface area contributed by atoms with Crippen LogP contribution in [0.25, 0.3) is 22.2 Å². The van der Waals surface area contributed by atoms with Gasteiger partial charge < -0.3 is 4.74 Å². The number of Topliss-reactive ketones (excluding diaryl/α,β-unsaturated/α-hetero) is 1. The second-order valence-electron chi connectivity index (χ2n) is 11.9. The molecule has 216 valence electrons. The number of amides is 2. The van der Waals surface area contributed by atoms with Gasteiger partial charge in [-0.05, 0) is 87.4 Å². The molecule has 3 aromatic carbocycles. The van der Waals surface area contributed by atoms with Crippen LogP contribution < -0.4 is 4.90 Å². The lowest BCUT2D eigenvalue weighted by molar-refractivity contribution is -0.123. The van der Waals surface area contributed by atoms with Crippen molar-refractivity contribution in [1.82, 2.24) is 4.98 Å². The normalized spacial score (nSPS) is 23.1. The second-order valence-corrected chi connectivity index (χ2v) is 12.4. The molecule has 4 aromatic rings. The highest BCUT2D eigenvalue weighted by atomic mass is 35.5. The Morgan fingerprint density at radius 2 is 1.63 bits per heavy atom. The largest absolute Gasteiger partial charge is 0.451 e. The zero-order valence-corrected chi connectivity index (χ0v) is 24.5. The van der Waals surface area contributed by atoms with Crippen molar-refractivity contribution in [2.24, 2.45) is 23.7 Å². The quantitative estimate of drug-likeness (QED) is 0.138. The number of pyridine rings is 1. The van der Waals surface area contributed by atoms with E-state index in [4.69, 9.17) is 21.3 Å². The fourth-order valence-corrected chi connectivity index (χ4v) is 7.45. The SMILES string of the molecule is Cc1ccc2nc(-c3ccc(N4C(=O)C5C6CCC(C6)C5C4=O)cc3)cc(C(=O)OC(C)C(=O)c3cccc(Cl)c3)c2c1. The minimum atomic E-state index is -1.04. The zero-order valence-electron chi connectivity index (χ0n) is 23.7. The molecule has 43 heavy (non-hydrogen) atoms. The summed E-state index contributed by atoms with van der Waals surface area (Å²) >= 11 is 6.05. The van der Waals surface area contributed by atoms with Gasteiger partial charge in [0, 0.05) is 21.5 Å². The molecule has 8 heteroatoms. The number of hydrogen-bond acceptors (Lipinski definition) is 6. The summed E-state index contributed by atoms with van der Waals surface area (Å²) in [6.07, 6.45) is 2.02. The molecule has 5 unspecified atom stereocenters. The van der Waals surface area contributed by atoms with Crippen molar-refractivity contribution in [3.63, 3.8) is 0 Å². The van der Waals surface area contributed by atoms with E-state index < -0.39 is 12.1 Å². The summed E-state index contributed by atoms with van der Waals surface area (Å²) in [4.78, 5) is 59.2. The first kappa shape index (κ1) is 27.5. The van der Waals surface area contributed by atoms with Gasteiger partial charge in [-0.2, -0.15) is 0 Å². The fraction of sp³-hybridized carbons (Fsp3) is 0.286. The van der Waals surface area contributed by atoms with Crippen LogP contribution in [0.3, 0.4) is 0 Å². The van der Waals surface area contributed by atoms with Crippen LogP contribution in [0.5, 0.6) is 0 Å². The molecule has 1 aromatic heterocycles. The molecule has 0 spiro atoms. The van der Waals surface area contributed by atoms with Gasteiger partial charge in [0.15, 0.2) is 6.10 Å². The predicted molar refractivity (Wildman–Crippen MR) is 163 cm³/mol. The summed E-state index contributed by atoms with van der Waals surface area (Å²) in [7, 11) is 0. The standard InChI is InChI=1S/C35H29ClN2O5/c1-18-6-13-28-26(14-18)27(35(42)43-19(2)32(39)23-4-3-5-24(36)16-23)17-29(37-28)20-9-11-25(12-10-20)38-33(40)30-21-7-8-22(15-21)31(30)34(38)41/h3-6,9-14,16-17,19,21-22,30-31H,7-8,15H2,1-2H3. The summed E-state index contributed by atoms with van der Waals surface area (Å²) in [6.45, 7) is 3.46. The predicted octanol–water partition coefficient (Wildman–Crippen LogP) is 6.83. The summed E-state index contributed by atoms with van der Waals surface area (Å²) in [5.74, 6) is -0.888. The van der Waals surface area contributed by atoms with Crippen molar-refractivity contribution in [3.05, 3.63) is 94.5 Å². The summed E-state index contributed by atoms with van der Waals surface area (Å²) in [5.41, 5.74) is 3.97. The highest BCUT2D eigenvalue weighted by Crippen LogP contribution is 2.56. The molecule has 2 heterocycles. The van der Waals surface area contributed by atoms with Crippen LogP contribution in [0.1, 0.15) is 52.5 Å². The third-order valence-electron chi connectivity index (χ3n) is 9.30. The van der Waals surface area contributed by atoms with Crippen LogP contribution in [0.4, 0.5) is 5.69 Å². The minimum Gasteiger partial charge on any atom is -0.451 e. The van der Waals surface area contributed by atoms with E-state index in [1.165, 1.54) is 11.8 Å². The van der Waals surface area contributed by atoms with Crippen molar-refractivity contribution in [2.75, 3.05) is 4.90 Å². The Balaban J connectivity index is 1.18. The number of fused-ring (bicyclic) bond motifs is 6. The second kappa shape index (κ2) is 10.4. The van der Waals surface area contributed by atoms with Crippen molar-refractivity contribution in [1.29, 1.82) is 0 Å². The minimum absolute atomic E-state index is 0.0828.